The SMILES string of the molecule is CC(C)NC1(CN)CCCC(C(C)C)C1. The summed E-state index contributed by atoms with van der Waals surface area (Å²) >= 11 is 0. The smallest absolute Gasteiger partial charge is 0.0308 e. The topological polar surface area (TPSA) is 38.0 Å². The molecule has 90 valence electrons. The Labute approximate surface area is 95.0 Å². The quantitative estimate of drug-likeness (QED) is 0.751. The minimum atomic E-state index is 0.224. The zero-order valence-electron chi connectivity index (χ0n) is 10.8. The molecule has 1 aliphatic rings. The lowest BCUT2D eigenvalue weighted by Gasteiger charge is -2.43. The molecule has 0 saturated heterocycles. The van der Waals surface area contributed by atoms with Crippen LogP contribution in [0.3, 0.4) is 0 Å². The molecule has 0 aromatic rings. The number of hydrogen-bond acceptors (Lipinski definition) is 2. The van der Waals surface area contributed by atoms with Crippen molar-refractivity contribution in [3.63, 3.8) is 0 Å². The summed E-state index contributed by atoms with van der Waals surface area (Å²) in [4.78, 5) is 0. The van der Waals surface area contributed by atoms with Crippen LogP contribution in [0.4, 0.5) is 0 Å². The Morgan fingerprint density at radius 3 is 2.47 bits per heavy atom. The Hall–Kier alpha value is -0.0800. The third-order valence-electron chi connectivity index (χ3n) is 3.81. The average molecular weight is 212 g/mol. The predicted molar refractivity (Wildman–Crippen MR) is 66.9 cm³/mol. The van der Waals surface area contributed by atoms with Crippen molar-refractivity contribution in [3.8, 4) is 0 Å². The Balaban J connectivity index is 2.63. The zero-order valence-corrected chi connectivity index (χ0v) is 10.8. The molecule has 2 nitrogen and oxygen atoms in total. The Kier molecular flexibility index (Phi) is 4.60. The van der Waals surface area contributed by atoms with Gasteiger partial charge in [-0.15, -0.1) is 0 Å². The molecule has 3 N–H and O–H groups in total. The van der Waals surface area contributed by atoms with Crippen LogP contribution in [0.5, 0.6) is 0 Å². The summed E-state index contributed by atoms with van der Waals surface area (Å²) in [6.07, 6.45) is 5.24. The van der Waals surface area contributed by atoms with Gasteiger partial charge < -0.3 is 11.1 Å². The molecule has 0 amide bonds. The number of nitrogens with one attached hydrogen (secondary N) is 1. The molecular formula is C13H28N2. The molecule has 0 bridgehead atoms. The largest absolute Gasteiger partial charge is 0.329 e. The van der Waals surface area contributed by atoms with Crippen molar-refractivity contribution in [2.24, 2.45) is 17.6 Å². The molecule has 1 saturated carbocycles. The Morgan fingerprint density at radius 2 is 2.00 bits per heavy atom. The molecule has 0 aromatic carbocycles. The first-order chi connectivity index (χ1) is 6.99. The second-order valence-electron chi connectivity index (χ2n) is 5.88. The van der Waals surface area contributed by atoms with Gasteiger partial charge in [-0.25, -0.2) is 0 Å². The highest BCUT2D eigenvalue weighted by molar-refractivity contribution is 4.96. The van der Waals surface area contributed by atoms with E-state index in [1.807, 2.05) is 0 Å². The Morgan fingerprint density at radius 1 is 1.33 bits per heavy atom. The van der Waals surface area contributed by atoms with Crippen molar-refractivity contribution < 1.29 is 0 Å². The minimum absolute atomic E-state index is 0.224. The first-order valence-corrected chi connectivity index (χ1v) is 6.47. The zero-order chi connectivity index (χ0) is 11.5. The van der Waals surface area contributed by atoms with E-state index in [1.165, 1.54) is 25.7 Å². The average Bonchev–Trinajstić information content (AvgIpc) is 2.17. The van der Waals surface area contributed by atoms with E-state index in [1.54, 1.807) is 0 Å². The summed E-state index contributed by atoms with van der Waals surface area (Å²) in [5.41, 5.74) is 6.21. The van der Waals surface area contributed by atoms with E-state index < -0.39 is 0 Å². The lowest BCUT2D eigenvalue weighted by Crippen LogP contribution is -2.56. The predicted octanol–water partition coefficient (Wildman–Crippen LogP) is 2.53. The van der Waals surface area contributed by atoms with Gasteiger partial charge in [-0.3, -0.25) is 0 Å². The first-order valence-electron chi connectivity index (χ1n) is 6.47. The lowest BCUT2D eigenvalue weighted by molar-refractivity contribution is 0.145. The molecular weight excluding hydrogens is 184 g/mol. The summed E-state index contributed by atoms with van der Waals surface area (Å²) in [6.45, 7) is 9.90. The normalized spacial score (nSPS) is 32.6. The summed E-state index contributed by atoms with van der Waals surface area (Å²) in [7, 11) is 0. The van der Waals surface area contributed by atoms with Gasteiger partial charge in [-0.1, -0.05) is 40.5 Å². The maximum absolute atomic E-state index is 5.99. The first kappa shape index (κ1) is 13.0. The van der Waals surface area contributed by atoms with Crippen LogP contribution in [0.15, 0.2) is 0 Å². The van der Waals surface area contributed by atoms with Crippen LogP contribution < -0.4 is 11.1 Å². The molecule has 0 heterocycles. The van der Waals surface area contributed by atoms with E-state index in [-0.39, 0.29) is 5.54 Å². The minimum Gasteiger partial charge on any atom is -0.329 e. The van der Waals surface area contributed by atoms with Gasteiger partial charge in [0.15, 0.2) is 0 Å². The fourth-order valence-corrected chi connectivity index (χ4v) is 2.97. The summed E-state index contributed by atoms with van der Waals surface area (Å²) < 4.78 is 0. The van der Waals surface area contributed by atoms with Crippen LogP contribution in [0.2, 0.25) is 0 Å². The fraction of sp³-hybridized carbons (Fsp3) is 1.00. The van der Waals surface area contributed by atoms with Crippen molar-refractivity contribution in [1.82, 2.24) is 5.32 Å². The van der Waals surface area contributed by atoms with Crippen LogP contribution in [0, 0.1) is 11.8 Å². The highest BCUT2D eigenvalue weighted by atomic mass is 15.0. The monoisotopic (exact) mass is 212 g/mol. The van der Waals surface area contributed by atoms with Crippen LogP contribution in [0.1, 0.15) is 53.4 Å². The molecule has 0 aliphatic heterocycles. The molecule has 2 atom stereocenters. The van der Waals surface area contributed by atoms with Gasteiger partial charge in [-0.05, 0) is 24.7 Å². The van der Waals surface area contributed by atoms with Crippen molar-refractivity contribution >= 4 is 0 Å². The molecule has 1 fully saturated rings. The molecule has 0 spiro atoms. The van der Waals surface area contributed by atoms with Gasteiger partial charge >= 0.3 is 0 Å². The second-order valence-corrected chi connectivity index (χ2v) is 5.88. The fourth-order valence-electron chi connectivity index (χ4n) is 2.97. The summed E-state index contributed by atoms with van der Waals surface area (Å²) in [5.74, 6) is 1.65. The van der Waals surface area contributed by atoms with Crippen LogP contribution >= 0.6 is 0 Å². The maximum atomic E-state index is 5.99. The molecule has 15 heavy (non-hydrogen) atoms. The highest BCUT2D eigenvalue weighted by Crippen LogP contribution is 2.36. The van der Waals surface area contributed by atoms with Gasteiger partial charge in [0.05, 0.1) is 0 Å². The lowest BCUT2D eigenvalue weighted by atomic mass is 9.71. The van der Waals surface area contributed by atoms with E-state index in [4.69, 9.17) is 5.73 Å². The number of hydrogen-bond donors (Lipinski definition) is 2. The van der Waals surface area contributed by atoms with Crippen molar-refractivity contribution in [3.05, 3.63) is 0 Å². The Bertz CT molecular complexity index is 189. The van der Waals surface area contributed by atoms with Crippen molar-refractivity contribution in [1.29, 1.82) is 0 Å². The van der Waals surface area contributed by atoms with Gasteiger partial charge in [0.25, 0.3) is 0 Å². The molecule has 1 aliphatic carbocycles. The number of nitrogens with two attached hydrogens (primary N) is 1. The molecule has 0 aromatic heterocycles. The summed E-state index contributed by atoms with van der Waals surface area (Å²) in [6, 6.07) is 0.541. The van der Waals surface area contributed by atoms with Gasteiger partial charge in [0.2, 0.25) is 0 Å². The van der Waals surface area contributed by atoms with Crippen molar-refractivity contribution in [2.45, 2.75) is 65.0 Å². The van der Waals surface area contributed by atoms with Crippen LogP contribution in [-0.2, 0) is 0 Å². The van der Waals surface area contributed by atoms with Gasteiger partial charge in [-0.2, -0.15) is 0 Å². The van der Waals surface area contributed by atoms with E-state index >= 15 is 0 Å². The number of rotatable bonds is 4. The molecule has 2 unspecified atom stereocenters. The third-order valence-corrected chi connectivity index (χ3v) is 3.81. The third kappa shape index (κ3) is 3.46. The van der Waals surface area contributed by atoms with E-state index in [0.717, 1.165) is 18.4 Å². The van der Waals surface area contributed by atoms with Crippen molar-refractivity contribution in [2.75, 3.05) is 6.54 Å². The summed E-state index contributed by atoms with van der Waals surface area (Å²) in [5, 5.41) is 3.70. The van der Waals surface area contributed by atoms with Crippen LogP contribution in [-0.4, -0.2) is 18.1 Å². The van der Waals surface area contributed by atoms with Gasteiger partial charge in [0.1, 0.15) is 0 Å². The molecule has 0 radical (unpaired) electrons. The highest BCUT2D eigenvalue weighted by Gasteiger charge is 2.36. The second kappa shape index (κ2) is 5.31. The molecule has 1 rings (SSSR count). The van der Waals surface area contributed by atoms with E-state index in [0.29, 0.717) is 6.04 Å². The van der Waals surface area contributed by atoms with E-state index in [9.17, 15) is 0 Å². The van der Waals surface area contributed by atoms with E-state index in [2.05, 4.69) is 33.0 Å². The van der Waals surface area contributed by atoms with Gasteiger partial charge in [0, 0.05) is 18.1 Å². The standard InChI is InChI=1S/C13H28N2/c1-10(2)12-6-5-7-13(8-12,9-14)15-11(3)4/h10-12,15H,5-9,14H2,1-4H3. The molecule has 2 heteroatoms. The van der Waals surface area contributed by atoms with Crippen LogP contribution in [0.25, 0.3) is 0 Å². The maximum Gasteiger partial charge on any atom is 0.0308 e.